The number of phenols is 15. The van der Waals surface area contributed by atoms with Crippen molar-refractivity contribution in [1.29, 1.82) is 0 Å². The lowest BCUT2D eigenvalue weighted by molar-refractivity contribution is -0.219. The standard InChI is InChI=1S/C60H48O24/c61-23-13-35(72)41-39(15-23)80-54(20-2-6-27(64)32(69)10-20)51(77)44(41)48-50(76)47-45(43-37(74)18-30(67)25-17-38(75)53(81-56(25)43)19-1-5-26(63)31(68)9-19)52(78)55(21-3-7-28(65)33(70)11-21)82-57(47)49-46-42-36(73)14-24(62)16-40(42)83-60(59(46)79,84-58(48)49)22-4-8-29(66)34(71)12-22/h1-16,18,38,44-46,51-55,59,61-79H,17H2/t38-,44-,45-,46-,51+,52+,53+,54+,55+,59+,60-/m0/s1. The van der Waals surface area contributed by atoms with Crippen molar-refractivity contribution in [2.45, 2.75) is 72.7 Å². The van der Waals surface area contributed by atoms with Crippen molar-refractivity contribution in [3.05, 3.63) is 164 Å². The van der Waals surface area contributed by atoms with Gasteiger partial charge < -0.3 is 121 Å². The summed E-state index contributed by atoms with van der Waals surface area (Å²) in [7, 11) is 0. The molecule has 0 saturated heterocycles. The fourth-order valence-electron chi connectivity index (χ4n) is 12.6. The lowest BCUT2D eigenvalue weighted by Crippen LogP contribution is -2.58. The van der Waals surface area contributed by atoms with E-state index in [0.717, 1.165) is 78.9 Å². The lowest BCUT2D eigenvalue weighted by atomic mass is 9.68. The molecule has 19 N–H and O–H groups in total. The van der Waals surface area contributed by atoms with E-state index >= 15 is 0 Å². The number of phenolic OH excluding ortho intramolecular Hbond substituents is 15. The summed E-state index contributed by atoms with van der Waals surface area (Å²) in [5, 5.41) is 220. The molecule has 0 aromatic heterocycles. The molecule has 0 fully saturated rings. The highest BCUT2D eigenvalue weighted by atomic mass is 16.7. The van der Waals surface area contributed by atoms with Crippen LogP contribution in [0.15, 0.2) is 103 Å². The summed E-state index contributed by atoms with van der Waals surface area (Å²) in [6.07, 6.45) is -13.5. The fourth-order valence-corrected chi connectivity index (χ4v) is 12.6. The Morgan fingerprint density at radius 2 is 0.810 bits per heavy atom. The third-order valence-electron chi connectivity index (χ3n) is 16.3. The van der Waals surface area contributed by atoms with Gasteiger partial charge in [0.25, 0.3) is 0 Å². The number of aliphatic hydroxyl groups excluding tert-OH is 4. The molecule has 84 heavy (non-hydrogen) atoms. The molecule has 8 aromatic carbocycles. The first-order chi connectivity index (χ1) is 40.0. The zero-order valence-corrected chi connectivity index (χ0v) is 42.8. The number of fused-ring (bicyclic) bond motifs is 10. The second-order valence-electron chi connectivity index (χ2n) is 21.2. The molecule has 432 valence electrons. The maximum Gasteiger partial charge on any atom is 0.305 e. The molecule has 0 aliphatic carbocycles. The van der Waals surface area contributed by atoms with Crippen molar-refractivity contribution >= 4 is 0 Å². The second kappa shape index (κ2) is 18.6. The quantitative estimate of drug-likeness (QED) is 0.0889. The van der Waals surface area contributed by atoms with Crippen LogP contribution in [0.25, 0.3) is 0 Å². The van der Waals surface area contributed by atoms with Gasteiger partial charge in [0.2, 0.25) is 0 Å². The van der Waals surface area contributed by atoms with E-state index in [-0.39, 0.29) is 39.1 Å². The number of hydrogen-bond donors (Lipinski definition) is 19. The van der Waals surface area contributed by atoms with Crippen LogP contribution >= 0.6 is 0 Å². The molecule has 11 atom stereocenters. The summed E-state index contributed by atoms with van der Waals surface area (Å²) in [4.78, 5) is 0. The van der Waals surface area contributed by atoms with Gasteiger partial charge >= 0.3 is 5.79 Å². The van der Waals surface area contributed by atoms with Crippen LogP contribution in [0, 0.1) is 0 Å². The van der Waals surface area contributed by atoms with Crippen LogP contribution in [-0.4, -0.2) is 121 Å². The maximum absolute atomic E-state index is 13.9. The van der Waals surface area contributed by atoms with Gasteiger partial charge in [0, 0.05) is 81.3 Å². The second-order valence-corrected chi connectivity index (χ2v) is 21.2. The van der Waals surface area contributed by atoms with Crippen LogP contribution in [0.3, 0.4) is 0 Å². The summed E-state index contributed by atoms with van der Waals surface area (Å²) in [6, 6.07) is 18.0. The Labute approximate surface area is 471 Å². The van der Waals surface area contributed by atoms with Crippen molar-refractivity contribution in [2.75, 3.05) is 0 Å². The Morgan fingerprint density at radius 1 is 0.345 bits per heavy atom. The highest BCUT2D eigenvalue weighted by molar-refractivity contribution is 5.77. The van der Waals surface area contributed by atoms with Gasteiger partial charge in [0.15, 0.2) is 58.2 Å². The van der Waals surface area contributed by atoms with Crippen LogP contribution < -0.4 is 23.7 Å². The summed E-state index contributed by atoms with van der Waals surface area (Å²) in [5.74, 6) is -21.5. The summed E-state index contributed by atoms with van der Waals surface area (Å²) < 4.78 is 33.2. The molecular formula is C60H48O24. The van der Waals surface area contributed by atoms with Gasteiger partial charge in [-0.25, -0.2) is 0 Å². The van der Waals surface area contributed by atoms with Crippen LogP contribution in [0.2, 0.25) is 0 Å². The molecule has 0 radical (unpaired) electrons. The van der Waals surface area contributed by atoms with Crippen molar-refractivity contribution in [3.8, 4) is 115 Å². The molecule has 5 aliphatic heterocycles. The van der Waals surface area contributed by atoms with Gasteiger partial charge in [-0.05, 0) is 71.3 Å². The van der Waals surface area contributed by atoms with E-state index in [1.54, 1.807) is 0 Å². The predicted octanol–water partition coefficient (Wildman–Crippen LogP) is 5.69. The first-order valence-electron chi connectivity index (χ1n) is 25.8. The van der Waals surface area contributed by atoms with Crippen molar-refractivity contribution in [3.63, 3.8) is 0 Å². The average Bonchev–Trinajstić information content (AvgIpc) is 1.02. The van der Waals surface area contributed by atoms with Crippen molar-refractivity contribution < 1.29 is 121 Å². The number of aliphatic hydroxyl groups is 4. The highest BCUT2D eigenvalue weighted by Crippen LogP contribution is 2.69. The Bertz CT molecular complexity index is 4110. The molecule has 2 bridgehead atoms. The monoisotopic (exact) mass is 1150 g/mol. The summed E-state index contributed by atoms with van der Waals surface area (Å²) >= 11 is 0. The van der Waals surface area contributed by atoms with E-state index in [1.165, 1.54) is 24.3 Å². The van der Waals surface area contributed by atoms with Crippen molar-refractivity contribution in [1.82, 2.24) is 0 Å². The number of hydrogen-bond acceptors (Lipinski definition) is 24. The zero-order chi connectivity index (χ0) is 59.4. The minimum absolute atomic E-state index is 0.0527. The van der Waals surface area contributed by atoms with Crippen LogP contribution in [-0.2, 0) is 12.2 Å². The molecule has 0 spiro atoms. The first kappa shape index (κ1) is 52.9. The maximum atomic E-state index is 13.9. The van der Waals surface area contributed by atoms with E-state index in [9.17, 15) is 97.0 Å². The summed E-state index contributed by atoms with van der Waals surface area (Å²) in [5.41, 5.74) is -3.38. The molecule has 0 unspecified atom stereocenters. The molecule has 24 nitrogen and oxygen atoms in total. The Morgan fingerprint density at radius 3 is 1.37 bits per heavy atom. The Kier molecular flexibility index (Phi) is 11.7. The zero-order valence-electron chi connectivity index (χ0n) is 42.8. The molecule has 0 amide bonds. The molecule has 0 saturated carbocycles. The topological polar surface area (TPSA) is 431 Å². The largest absolute Gasteiger partial charge is 0.508 e. The minimum atomic E-state index is -2.72. The summed E-state index contributed by atoms with van der Waals surface area (Å²) in [6.45, 7) is 0. The number of ether oxygens (including phenoxy) is 5. The van der Waals surface area contributed by atoms with E-state index in [0.29, 0.717) is 0 Å². The first-order valence-corrected chi connectivity index (χ1v) is 25.8. The SMILES string of the molecule is Oc1cc(O)c2c(c1)O[C@H](c1ccc(O)c(O)c1)[C@H](O)[C@@H]2c1c(O)c2c(c3c1O[C@]1(c4ccc(O)c(O)c4)Oc4cc(O)cc(O)c4[C@@H]3[C@H]1O)O[C@H](c1ccc(O)c(O)c1)[C@H](O)[C@H]2c1c(O)cc(O)c2c1O[C@H](c1ccc(O)c(O)c1)[C@@H](O)C2. The molecule has 8 aromatic rings. The minimum Gasteiger partial charge on any atom is -0.508 e. The molecule has 5 aliphatic rings. The van der Waals surface area contributed by atoms with E-state index in [2.05, 4.69) is 0 Å². The fraction of sp³-hybridized carbons (Fsp3) is 0.200. The van der Waals surface area contributed by atoms with E-state index in [1.807, 2.05) is 0 Å². The van der Waals surface area contributed by atoms with Gasteiger partial charge in [-0.2, -0.15) is 0 Å². The smallest absolute Gasteiger partial charge is 0.305 e. The number of benzene rings is 8. The van der Waals surface area contributed by atoms with Crippen LogP contribution in [0.5, 0.6) is 115 Å². The van der Waals surface area contributed by atoms with Crippen LogP contribution in [0.4, 0.5) is 0 Å². The van der Waals surface area contributed by atoms with E-state index < -0.39 is 210 Å². The molecular weight excluding hydrogens is 1100 g/mol. The third-order valence-corrected chi connectivity index (χ3v) is 16.3. The molecule has 5 heterocycles. The van der Waals surface area contributed by atoms with Gasteiger partial charge in [-0.1, -0.05) is 18.2 Å². The highest BCUT2D eigenvalue weighted by Gasteiger charge is 2.63. The normalized spacial score (nSPS) is 25.1. The van der Waals surface area contributed by atoms with E-state index in [4.69, 9.17) is 23.7 Å². The van der Waals surface area contributed by atoms with Gasteiger partial charge in [0.05, 0.1) is 23.9 Å². The third kappa shape index (κ3) is 7.68. The number of rotatable bonds is 6. The Balaban J connectivity index is 1.18. The van der Waals surface area contributed by atoms with Gasteiger partial charge in [-0.3, -0.25) is 0 Å². The number of aromatic hydroxyl groups is 15. The molecule has 24 heteroatoms. The average molecular weight is 1150 g/mol. The molecule has 13 rings (SSSR count). The predicted molar refractivity (Wildman–Crippen MR) is 283 cm³/mol. The van der Waals surface area contributed by atoms with Gasteiger partial charge in [0.1, 0.15) is 93.4 Å². The Hall–Kier alpha value is -10.4. The lowest BCUT2D eigenvalue weighted by Gasteiger charge is -2.52. The van der Waals surface area contributed by atoms with Gasteiger partial charge in [-0.15, -0.1) is 0 Å². The van der Waals surface area contributed by atoms with Crippen molar-refractivity contribution in [2.24, 2.45) is 0 Å². The van der Waals surface area contributed by atoms with Crippen LogP contribution in [0.1, 0.15) is 97.3 Å².